The summed E-state index contributed by atoms with van der Waals surface area (Å²) in [7, 11) is -5.33. The van der Waals surface area contributed by atoms with Crippen LogP contribution in [0.4, 0.5) is 5.69 Å². The summed E-state index contributed by atoms with van der Waals surface area (Å²) in [5, 5.41) is 9.43. The van der Waals surface area contributed by atoms with Crippen molar-refractivity contribution in [2.75, 3.05) is 44.4 Å². The molecule has 1 aromatic heterocycles. The summed E-state index contributed by atoms with van der Waals surface area (Å²) in [4.78, 5) is 4.78. The zero-order valence-corrected chi connectivity index (χ0v) is 25.1. The summed E-state index contributed by atoms with van der Waals surface area (Å²) in [5.74, 6) is 1.02. The molecule has 0 spiro atoms. The van der Waals surface area contributed by atoms with E-state index in [4.69, 9.17) is 4.74 Å². The Labute approximate surface area is 240 Å². The van der Waals surface area contributed by atoms with Crippen molar-refractivity contribution < 1.29 is 21.6 Å². The van der Waals surface area contributed by atoms with Gasteiger partial charge in [0.05, 0.1) is 15.8 Å². The highest BCUT2D eigenvalue weighted by molar-refractivity contribution is 7.91. The Balaban J connectivity index is 1.35. The van der Waals surface area contributed by atoms with Crippen LogP contribution in [0.2, 0.25) is 0 Å². The van der Waals surface area contributed by atoms with Crippen molar-refractivity contribution in [1.82, 2.24) is 24.4 Å². The number of hydrogen-bond acceptors (Lipinski definition) is 9. The molecular formula is C28H34N6O5S2. The van der Waals surface area contributed by atoms with Crippen LogP contribution < -0.4 is 14.4 Å². The van der Waals surface area contributed by atoms with E-state index in [-0.39, 0.29) is 15.8 Å². The summed E-state index contributed by atoms with van der Waals surface area (Å²) in [6.07, 6.45) is 1.13. The first-order valence-electron chi connectivity index (χ1n) is 13.4. The number of piperazine rings is 1. The van der Waals surface area contributed by atoms with Crippen LogP contribution in [-0.4, -0.2) is 76.0 Å². The summed E-state index contributed by atoms with van der Waals surface area (Å²) in [5.41, 5.74) is 1.07. The van der Waals surface area contributed by atoms with Gasteiger partial charge >= 0.3 is 6.01 Å². The molecule has 0 aliphatic carbocycles. The summed E-state index contributed by atoms with van der Waals surface area (Å²) in [6.45, 7) is 7.91. The maximum Gasteiger partial charge on any atom is 0.322 e. The van der Waals surface area contributed by atoms with Gasteiger partial charge in [-0.1, -0.05) is 29.4 Å². The Bertz CT molecular complexity index is 1780. The van der Waals surface area contributed by atoms with Crippen molar-refractivity contribution in [3.8, 4) is 11.8 Å². The number of anilines is 1. The Morgan fingerprint density at radius 3 is 2.39 bits per heavy atom. The third-order valence-corrected chi connectivity index (χ3v) is 9.89. The van der Waals surface area contributed by atoms with Gasteiger partial charge < -0.3 is 14.5 Å². The van der Waals surface area contributed by atoms with Crippen molar-refractivity contribution >= 4 is 36.3 Å². The number of fused-ring (bicyclic) bond motifs is 1. The normalized spacial score (nSPS) is 15.8. The summed E-state index contributed by atoms with van der Waals surface area (Å²) >= 11 is 0. The lowest BCUT2D eigenvalue weighted by Crippen LogP contribution is -2.44. The van der Waals surface area contributed by atoms with Crippen molar-refractivity contribution in [2.24, 2.45) is 0 Å². The molecule has 0 amide bonds. The van der Waals surface area contributed by atoms with E-state index in [1.54, 1.807) is 23.6 Å². The minimum absolute atomic E-state index is 0.0160. The molecule has 3 aromatic carbocycles. The van der Waals surface area contributed by atoms with E-state index in [0.717, 1.165) is 38.1 Å². The lowest BCUT2D eigenvalue weighted by molar-refractivity contribution is 0.312. The number of ether oxygens (including phenoxy) is 1. The molecule has 0 saturated carbocycles. The van der Waals surface area contributed by atoms with E-state index in [0.29, 0.717) is 28.9 Å². The predicted octanol–water partition coefficient (Wildman–Crippen LogP) is 3.44. The van der Waals surface area contributed by atoms with Gasteiger partial charge in [0.2, 0.25) is 10.0 Å². The predicted molar refractivity (Wildman–Crippen MR) is 158 cm³/mol. The fourth-order valence-electron chi connectivity index (χ4n) is 4.98. The van der Waals surface area contributed by atoms with Crippen molar-refractivity contribution in [3.05, 3.63) is 66.5 Å². The zero-order valence-electron chi connectivity index (χ0n) is 23.5. The molecule has 0 unspecified atom stereocenters. The van der Waals surface area contributed by atoms with Crippen LogP contribution in [0, 0.1) is 0 Å². The van der Waals surface area contributed by atoms with E-state index in [2.05, 4.69) is 37.8 Å². The van der Waals surface area contributed by atoms with Crippen LogP contribution >= 0.6 is 0 Å². The van der Waals surface area contributed by atoms with Gasteiger partial charge in [0.25, 0.3) is 0 Å². The molecule has 1 N–H and O–H groups in total. The Kier molecular flexibility index (Phi) is 8.06. The third kappa shape index (κ3) is 6.22. The number of hydrogen-bond donors (Lipinski definition) is 1. The Morgan fingerprint density at radius 1 is 0.951 bits per heavy atom. The van der Waals surface area contributed by atoms with Gasteiger partial charge in [0.1, 0.15) is 5.75 Å². The molecule has 218 valence electrons. The molecule has 1 fully saturated rings. The minimum Gasteiger partial charge on any atom is -0.424 e. The van der Waals surface area contributed by atoms with Gasteiger partial charge in [-0.15, -0.1) is 5.10 Å². The number of nitrogens with one attached hydrogen (secondary N) is 1. The van der Waals surface area contributed by atoms with Crippen LogP contribution in [0.15, 0.2) is 70.5 Å². The second-order valence-corrected chi connectivity index (χ2v) is 13.9. The lowest BCUT2D eigenvalue weighted by Gasteiger charge is -2.34. The maximum atomic E-state index is 13.3. The van der Waals surface area contributed by atoms with Crippen LogP contribution in [0.5, 0.6) is 11.8 Å². The SMILES string of the molecule is CCn1c(Oc2cccc(N3CCN(C)CC3)c2)nnc1[C@@H](C)NS(=O)(=O)c1ccc2c(S(C)(=O)=O)cccc2c1. The number of benzene rings is 3. The number of sulfone groups is 1. The molecule has 1 atom stereocenters. The van der Waals surface area contributed by atoms with Gasteiger partial charge in [-0.25, -0.2) is 21.6 Å². The molecule has 1 aliphatic heterocycles. The van der Waals surface area contributed by atoms with Gasteiger partial charge in [-0.3, -0.25) is 4.57 Å². The van der Waals surface area contributed by atoms with Crippen molar-refractivity contribution in [2.45, 2.75) is 36.2 Å². The molecule has 11 nitrogen and oxygen atoms in total. The second-order valence-electron chi connectivity index (χ2n) is 10.2. The highest BCUT2D eigenvalue weighted by atomic mass is 32.2. The van der Waals surface area contributed by atoms with Gasteiger partial charge in [0, 0.05) is 56.1 Å². The summed E-state index contributed by atoms with van der Waals surface area (Å²) < 4.78 is 61.5. The van der Waals surface area contributed by atoms with E-state index in [1.807, 2.05) is 25.1 Å². The second kappa shape index (κ2) is 11.4. The van der Waals surface area contributed by atoms with E-state index in [9.17, 15) is 16.8 Å². The molecule has 2 heterocycles. The first kappa shape index (κ1) is 29.0. The standard InChI is InChI=1S/C28H34N6O5S2/c1-5-34-27(29-30-28(34)39-23-10-7-9-22(19-23)33-16-14-32(3)15-17-33)20(2)31-41(37,38)24-12-13-25-21(18-24)8-6-11-26(25)40(4,35)36/h6-13,18-20,31H,5,14-17H2,1-4H3/t20-/m1/s1. The number of sulfonamides is 1. The number of likely N-dealkylation sites (N-methyl/N-ethyl adjacent to an activating group) is 1. The maximum absolute atomic E-state index is 13.3. The van der Waals surface area contributed by atoms with Gasteiger partial charge in [-0.05, 0) is 56.6 Å². The minimum atomic E-state index is -3.97. The number of nitrogens with zero attached hydrogens (tertiary/aromatic N) is 5. The number of rotatable bonds is 9. The molecule has 5 rings (SSSR count). The first-order valence-corrected chi connectivity index (χ1v) is 16.7. The molecule has 1 saturated heterocycles. The van der Waals surface area contributed by atoms with Crippen LogP contribution in [0.1, 0.15) is 25.7 Å². The Morgan fingerprint density at radius 2 is 1.68 bits per heavy atom. The topological polar surface area (TPSA) is 127 Å². The van der Waals surface area contributed by atoms with Crippen LogP contribution in [0.3, 0.4) is 0 Å². The van der Waals surface area contributed by atoms with E-state index in [1.165, 1.54) is 24.3 Å². The third-order valence-electron chi connectivity index (χ3n) is 7.20. The fourth-order valence-corrected chi connectivity index (χ4v) is 7.13. The first-order chi connectivity index (χ1) is 19.5. The summed E-state index contributed by atoms with van der Waals surface area (Å²) in [6, 6.07) is 16.5. The fraction of sp³-hybridized carbons (Fsp3) is 0.357. The van der Waals surface area contributed by atoms with Gasteiger partial charge in [0.15, 0.2) is 15.7 Å². The molecule has 4 aromatic rings. The zero-order chi connectivity index (χ0) is 29.4. The van der Waals surface area contributed by atoms with Crippen molar-refractivity contribution in [3.63, 3.8) is 0 Å². The highest BCUT2D eigenvalue weighted by Gasteiger charge is 2.25. The lowest BCUT2D eigenvalue weighted by atomic mass is 10.1. The molecule has 0 radical (unpaired) electrons. The van der Waals surface area contributed by atoms with Crippen LogP contribution in [0.25, 0.3) is 10.8 Å². The molecule has 13 heteroatoms. The van der Waals surface area contributed by atoms with E-state index < -0.39 is 25.9 Å². The molecular weight excluding hydrogens is 564 g/mol. The molecule has 1 aliphatic rings. The van der Waals surface area contributed by atoms with Crippen LogP contribution in [-0.2, 0) is 26.4 Å². The molecule has 0 bridgehead atoms. The quantitative estimate of drug-likeness (QED) is 0.308. The van der Waals surface area contributed by atoms with Crippen molar-refractivity contribution in [1.29, 1.82) is 0 Å². The molecule has 41 heavy (non-hydrogen) atoms. The average molecular weight is 599 g/mol. The Hall–Kier alpha value is -3.52. The van der Waals surface area contributed by atoms with E-state index >= 15 is 0 Å². The monoisotopic (exact) mass is 598 g/mol. The number of aromatic nitrogens is 3. The average Bonchev–Trinajstić information content (AvgIpc) is 3.34. The highest BCUT2D eigenvalue weighted by Crippen LogP contribution is 2.29. The van der Waals surface area contributed by atoms with Gasteiger partial charge in [-0.2, -0.15) is 0 Å². The largest absolute Gasteiger partial charge is 0.424 e. The smallest absolute Gasteiger partial charge is 0.322 e.